The van der Waals surface area contributed by atoms with Gasteiger partial charge in [-0.2, -0.15) is 14.7 Å². The predicted molar refractivity (Wildman–Crippen MR) is 119 cm³/mol. The average molecular weight is 403 g/mol. The summed E-state index contributed by atoms with van der Waals surface area (Å²) in [6, 6.07) is 12.7. The number of anilines is 1. The van der Waals surface area contributed by atoms with Crippen LogP contribution in [0.25, 0.3) is 27.7 Å². The fourth-order valence-corrected chi connectivity index (χ4v) is 4.54. The van der Waals surface area contributed by atoms with Gasteiger partial charge in [0.25, 0.3) is 0 Å². The molecule has 29 heavy (non-hydrogen) atoms. The van der Waals surface area contributed by atoms with E-state index in [0.717, 1.165) is 57.1 Å². The zero-order valence-electron chi connectivity index (χ0n) is 16.9. The normalized spacial score (nSPS) is 11.6. The van der Waals surface area contributed by atoms with Crippen LogP contribution in [-0.4, -0.2) is 24.4 Å². The predicted octanol–water partition coefficient (Wildman–Crippen LogP) is 4.88. The van der Waals surface area contributed by atoms with E-state index in [9.17, 15) is 0 Å². The minimum atomic E-state index is 0.769. The second-order valence-electron chi connectivity index (χ2n) is 7.35. The molecular formula is C22H22N6S. The maximum atomic E-state index is 4.83. The van der Waals surface area contributed by atoms with Crippen LogP contribution in [0.2, 0.25) is 0 Å². The maximum Gasteiger partial charge on any atom is 0.165 e. The highest BCUT2D eigenvalue weighted by Crippen LogP contribution is 2.32. The van der Waals surface area contributed by atoms with Gasteiger partial charge in [-0.05, 0) is 49.9 Å². The van der Waals surface area contributed by atoms with Crippen molar-refractivity contribution in [3.05, 3.63) is 63.7 Å². The molecule has 146 valence electrons. The summed E-state index contributed by atoms with van der Waals surface area (Å²) in [5.41, 5.74) is 7.14. The van der Waals surface area contributed by atoms with Crippen molar-refractivity contribution in [2.24, 2.45) is 7.05 Å². The molecule has 4 heterocycles. The summed E-state index contributed by atoms with van der Waals surface area (Å²) in [5.74, 6) is 0.953. The van der Waals surface area contributed by atoms with E-state index < -0.39 is 0 Å². The second kappa shape index (κ2) is 6.70. The summed E-state index contributed by atoms with van der Waals surface area (Å²) < 4.78 is 3.85. The Labute approximate surface area is 172 Å². The van der Waals surface area contributed by atoms with Crippen LogP contribution in [0.3, 0.4) is 0 Å². The van der Waals surface area contributed by atoms with Crippen LogP contribution in [0.4, 0.5) is 5.82 Å². The first kappa shape index (κ1) is 17.9. The van der Waals surface area contributed by atoms with Crippen LogP contribution in [0.15, 0.2) is 41.8 Å². The molecule has 5 rings (SSSR count). The van der Waals surface area contributed by atoms with Gasteiger partial charge in [-0.3, -0.25) is 4.68 Å². The number of hydrogen-bond acceptors (Lipinski definition) is 5. The molecule has 0 atom stereocenters. The van der Waals surface area contributed by atoms with E-state index in [4.69, 9.17) is 10.1 Å². The first-order valence-corrected chi connectivity index (χ1v) is 10.5. The lowest BCUT2D eigenvalue weighted by Gasteiger charge is -2.09. The minimum absolute atomic E-state index is 0.769. The summed E-state index contributed by atoms with van der Waals surface area (Å²) >= 11 is 1.75. The molecule has 7 heteroatoms. The third-order valence-corrected chi connectivity index (χ3v) is 6.12. The van der Waals surface area contributed by atoms with Crippen LogP contribution in [0, 0.1) is 20.8 Å². The number of hydrogen-bond donors (Lipinski definition) is 1. The minimum Gasteiger partial charge on any atom is -0.365 e. The fraction of sp³-hybridized carbons (Fsp3) is 0.227. The lowest BCUT2D eigenvalue weighted by atomic mass is 10.0. The smallest absolute Gasteiger partial charge is 0.165 e. The van der Waals surface area contributed by atoms with Gasteiger partial charge in [0.2, 0.25) is 0 Å². The average Bonchev–Trinajstić information content (AvgIpc) is 3.38. The molecule has 0 spiro atoms. The van der Waals surface area contributed by atoms with E-state index >= 15 is 0 Å². The number of nitrogens with zero attached hydrogens (tertiary/aromatic N) is 5. The van der Waals surface area contributed by atoms with E-state index in [1.807, 2.05) is 43.1 Å². The van der Waals surface area contributed by atoms with Gasteiger partial charge in [0.05, 0.1) is 23.4 Å². The van der Waals surface area contributed by atoms with Gasteiger partial charge in [0.15, 0.2) is 5.65 Å². The molecule has 0 fully saturated rings. The number of benzene rings is 1. The van der Waals surface area contributed by atoms with E-state index in [-0.39, 0.29) is 0 Å². The van der Waals surface area contributed by atoms with Gasteiger partial charge < -0.3 is 5.32 Å². The third-order valence-electron chi connectivity index (χ3n) is 5.24. The quantitative estimate of drug-likeness (QED) is 0.465. The number of rotatable bonds is 4. The van der Waals surface area contributed by atoms with Crippen molar-refractivity contribution in [2.75, 3.05) is 5.32 Å². The molecule has 0 aliphatic heterocycles. The molecule has 0 aliphatic rings. The Balaban J connectivity index is 1.65. The zero-order valence-corrected chi connectivity index (χ0v) is 17.7. The topological polar surface area (TPSA) is 60.0 Å². The van der Waals surface area contributed by atoms with Crippen molar-refractivity contribution in [2.45, 2.75) is 27.3 Å². The number of thiophene rings is 1. The Bertz CT molecular complexity index is 1340. The highest BCUT2D eigenvalue weighted by atomic mass is 32.1. The van der Waals surface area contributed by atoms with Gasteiger partial charge in [0.1, 0.15) is 5.82 Å². The van der Waals surface area contributed by atoms with E-state index in [1.54, 1.807) is 11.3 Å². The van der Waals surface area contributed by atoms with Crippen LogP contribution < -0.4 is 5.32 Å². The molecule has 0 aliphatic carbocycles. The zero-order chi connectivity index (χ0) is 20.1. The fourth-order valence-electron chi connectivity index (χ4n) is 3.90. The monoisotopic (exact) mass is 402 g/mol. The Kier molecular flexibility index (Phi) is 4.13. The first-order chi connectivity index (χ1) is 14.0. The molecule has 0 amide bonds. The number of nitrogens with one attached hydrogen (secondary N) is 1. The van der Waals surface area contributed by atoms with Crippen molar-refractivity contribution in [1.82, 2.24) is 24.4 Å². The van der Waals surface area contributed by atoms with Crippen molar-refractivity contribution in [1.29, 1.82) is 0 Å². The second-order valence-corrected chi connectivity index (χ2v) is 8.38. The van der Waals surface area contributed by atoms with E-state index in [0.29, 0.717) is 0 Å². The van der Waals surface area contributed by atoms with Crippen LogP contribution in [0.5, 0.6) is 0 Å². The molecule has 6 nitrogen and oxygen atoms in total. The van der Waals surface area contributed by atoms with E-state index in [2.05, 4.69) is 46.1 Å². The Morgan fingerprint density at radius 1 is 1.03 bits per heavy atom. The van der Waals surface area contributed by atoms with Crippen molar-refractivity contribution < 1.29 is 0 Å². The first-order valence-electron chi connectivity index (χ1n) is 9.58. The third kappa shape index (κ3) is 2.98. The van der Waals surface area contributed by atoms with Crippen LogP contribution >= 0.6 is 11.3 Å². The summed E-state index contributed by atoms with van der Waals surface area (Å²) in [5, 5.41) is 16.1. The Hall–Kier alpha value is -3.19. The molecule has 0 unspecified atom stereocenters. The molecule has 5 aromatic rings. The van der Waals surface area contributed by atoms with Gasteiger partial charge >= 0.3 is 0 Å². The number of fused-ring (bicyclic) bond motifs is 2. The van der Waals surface area contributed by atoms with Crippen LogP contribution in [0.1, 0.15) is 22.0 Å². The van der Waals surface area contributed by atoms with Gasteiger partial charge in [-0.1, -0.05) is 12.1 Å². The van der Waals surface area contributed by atoms with Crippen molar-refractivity contribution >= 4 is 33.7 Å². The molecule has 0 saturated carbocycles. The van der Waals surface area contributed by atoms with Crippen molar-refractivity contribution in [3.8, 4) is 11.1 Å². The molecule has 4 aromatic heterocycles. The SMILES string of the molecule is Cc1cc(NCc2cccs2)n2nc(C)c(-c3ccc4c(c3)c(C)nn4C)c2n1. The molecule has 0 radical (unpaired) electrons. The molecule has 1 aromatic carbocycles. The summed E-state index contributed by atoms with van der Waals surface area (Å²) in [7, 11) is 1.98. The summed E-state index contributed by atoms with van der Waals surface area (Å²) in [6.45, 7) is 6.88. The lowest BCUT2D eigenvalue weighted by molar-refractivity contribution is 0.783. The van der Waals surface area contributed by atoms with Gasteiger partial charge in [0, 0.05) is 34.6 Å². The Morgan fingerprint density at radius 2 is 1.90 bits per heavy atom. The highest BCUT2D eigenvalue weighted by Gasteiger charge is 2.17. The van der Waals surface area contributed by atoms with Crippen LogP contribution in [-0.2, 0) is 13.6 Å². The maximum absolute atomic E-state index is 4.83. The largest absolute Gasteiger partial charge is 0.365 e. The highest BCUT2D eigenvalue weighted by molar-refractivity contribution is 7.09. The summed E-state index contributed by atoms with van der Waals surface area (Å²) in [6.07, 6.45) is 0. The molecule has 0 saturated heterocycles. The number of aryl methyl sites for hydroxylation is 4. The molecule has 1 N–H and O–H groups in total. The number of aromatic nitrogens is 5. The molecular weight excluding hydrogens is 380 g/mol. The standard InChI is InChI=1S/C22H22N6S/c1-13-10-20(23-12-17-6-5-9-29-17)28-22(24-13)21(15(3)26-28)16-7-8-19-18(11-16)14(2)25-27(19)4/h5-11,23H,12H2,1-4H3. The van der Waals surface area contributed by atoms with Crippen molar-refractivity contribution in [3.63, 3.8) is 0 Å². The molecule has 0 bridgehead atoms. The van der Waals surface area contributed by atoms with Gasteiger partial charge in [-0.15, -0.1) is 11.3 Å². The Morgan fingerprint density at radius 3 is 2.69 bits per heavy atom. The van der Waals surface area contributed by atoms with Gasteiger partial charge in [-0.25, -0.2) is 4.98 Å². The lowest BCUT2D eigenvalue weighted by Crippen LogP contribution is -2.06. The van der Waals surface area contributed by atoms with E-state index in [1.165, 1.54) is 4.88 Å². The summed E-state index contributed by atoms with van der Waals surface area (Å²) in [4.78, 5) is 6.11.